The first-order valence-electron chi connectivity index (χ1n) is 7.57. The van der Waals surface area contributed by atoms with E-state index in [1.54, 1.807) is 36.5 Å². The van der Waals surface area contributed by atoms with Gasteiger partial charge < -0.3 is 0 Å². The molecular weight excluding hydrogens is 292 g/mol. The zero-order valence-corrected chi connectivity index (χ0v) is 13.1. The van der Waals surface area contributed by atoms with Crippen molar-refractivity contribution >= 4 is 0 Å². The molecule has 0 N–H and O–H groups in total. The van der Waals surface area contributed by atoms with Crippen LogP contribution in [-0.4, -0.2) is 4.98 Å². The molecule has 3 heteroatoms. The smallest absolute Gasteiger partial charge is 0.143 e. The third kappa shape index (κ3) is 3.00. The van der Waals surface area contributed by atoms with E-state index in [1.807, 2.05) is 12.1 Å². The third-order valence-corrected chi connectivity index (χ3v) is 3.88. The van der Waals surface area contributed by atoms with Gasteiger partial charge in [-0.3, -0.25) is 4.98 Å². The molecule has 0 fully saturated rings. The second kappa shape index (κ2) is 6.29. The fraction of sp³-hybridized carbons (Fsp3) is 0.150. The van der Waals surface area contributed by atoms with Gasteiger partial charge in [-0.05, 0) is 35.2 Å². The Balaban J connectivity index is 2.11. The van der Waals surface area contributed by atoms with E-state index < -0.39 is 11.6 Å². The molecule has 3 aromatic rings. The van der Waals surface area contributed by atoms with Crippen molar-refractivity contribution in [2.24, 2.45) is 0 Å². The third-order valence-electron chi connectivity index (χ3n) is 3.88. The highest BCUT2D eigenvalue weighted by atomic mass is 19.1. The normalized spacial score (nSPS) is 11.0. The summed E-state index contributed by atoms with van der Waals surface area (Å²) in [5.41, 5.74) is 2.39. The molecular formula is C20H17F2N. The van der Waals surface area contributed by atoms with Gasteiger partial charge in [0.1, 0.15) is 11.6 Å². The molecule has 1 aromatic heterocycles. The van der Waals surface area contributed by atoms with Crippen LogP contribution in [0.2, 0.25) is 0 Å². The number of rotatable bonds is 3. The molecule has 1 nitrogen and oxygen atoms in total. The van der Waals surface area contributed by atoms with Crippen LogP contribution in [0, 0.1) is 11.6 Å². The summed E-state index contributed by atoms with van der Waals surface area (Å²) in [6.45, 7) is 4.14. The van der Waals surface area contributed by atoms with E-state index in [2.05, 4.69) is 18.8 Å². The summed E-state index contributed by atoms with van der Waals surface area (Å²) in [5, 5.41) is 0. The molecule has 116 valence electrons. The lowest BCUT2D eigenvalue weighted by Crippen LogP contribution is -1.96. The van der Waals surface area contributed by atoms with Crippen molar-refractivity contribution in [2.45, 2.75) is 19.8 Å². The maximum Gasteiger partial charge on any atom is 0.143 e. The van der Waals surface area contributed by atoms with Crippen molar-refractivity contribution in [3.63, 3.8) is 0 Å². The van der Waals surface area contributed by atoms with E-state index in [0.29, 0.717) is 22.7 Å². The number of aromatic nitrogens is 1. The first-order valence-corrected chi connectivity index (χ1v) is 7.57. The fourth-order valence-electron chi connectivity index (χ4n) is 2.53. The summed E-state index contributed by atoms with van der Waals surface area (Å²) in [5.74, 6) is -0.799. The van der Waals surface area contributed by atoms with Crippen molar-refractivity contribution in [3.8, 4) is 22.4 Å². The van der Waals surface area contributed by atoms with Crippen LogP contribution < -0.4 is 0 Å². The molecule has 0 aliphatic heterocycles. The maximum absolute atomic E-state index is 14.9. The van der Waals surface area contributed by atoms with E-state index in [1.165, 1.54) is 12.1 Å². The average molecular weight is 309 g/mol. The highest BCUT2D eigenvalue weighted by Gasteiger charge is 2.17. The van der Waals surface area contributed by atoms with Crippen LogP contribution in [-0.2, 0) is 0 Å². The van der Waals surface area contributed by atoms with E-state index in [4.69, 9.17) is 0 Å². The summed E-state index contributed by atoms with van der Waals surface area (Å²) in [6.07, 6.45) is 1.74. The summed E-state index contributed by atoms with van der Waals surface area (Å²) in [7, 11) is 0. The molecule has 0 spiro atoms. The Morgan fingerprint density at radius 2 is 1.61 bits per heavy atom. The Bertz CT molecular complexity index is 809. The van der Waals surface area contributed by atoms with Crippen LogP contribution in [0.5, 0.6) is 0 Å². The molecule has 0 unspecified atom stereocenters. The second-order valence-corrected chi connectivity index (χ2v) is 5.78. The van der Waals surface area contributed by atoms with Crippen molar-refractivity contribution in [1.82, 2.24) is 4.98 Å². The lowest BCUT2D eigenvalue weighted by atomic mass is 9.99. The van der Waals surface area contributed by atoms with E-state index in [9.17, 15) is 8.78 Å². The Labute approximate surface area is 134 Å². The number of benzene rings is 2. The number of hydrogen-bond donors (Lipinski definition) is 0. The molecule has 0 bridgehead atoms. The Morgan fingerprint density at radius 3 is 2.22 bits per heavy atom. The lowest BCUT2D eigenvalue weighted by molar-refractivity contribution is 0.591. The Kier molecular flexibility index (Phi) is 4.20. The Morgan fingerprint density at radius 1 is 0.870 bits per heavy atom. The van der Waals surface area contributed by atoms with Crippen LogP contribution in [0.25, 0.3) is 22.4 Å². The molecule has 2 aromatic carbocycles. The van der Waals surface area contributed by atoms with Gasteiger partial charge in [0, 0.05) is 11.8 Å². The standard InChI is InChI=1S/C20H17F2N/c1-13(2)15-8-11-18(23-12-15)16-9-10-17(21)19(20(16)22)14-6-4-3-5-7-14/h3-13H,1-2H3. The summed E-state index contributed by atoms with van der Waals surface area (Å²) < 4.78 is 29.0. The SMILES string of the molecule is CC(C)c1ccc(-c2ccc(F)c(-c3ccccc3)c2F)nc1. The highest BCUT2D eigenvalue weighted by molar-refractivity contribution is 5.73. The van der Waals surface area contributed by atoms with Crippen LogP contribution in [0.1, 0.15) is 25.3 Å². The van der Waals surface area contributed by atoms with Gasteiger partial charge in [-0.15, -0.1) is 0 Å². The van der Waals surface area contributed by atoms with Crippen LogP contribution >= 0.6 is 0 Å². The molecule has 1 heterocycles. The molecule has 3 rings (SSSR count). The monoisotopic (exact) mass is 309 g/mol. The molecule has 0 aliphatic carbocycles. The fourth-order valence-corrected chi connectivity index (χ4v) is 2.53. The second-order valence-electron chi connectivity index (χ2n) is 5.78. The minimum absolute atomic E-state index is 0.0159. The van der Waals surface area contributed by atoms with Gasteiger partial charge in [0.15, 0.2) is 0 Å². The predicted octanol–water partition coefficient (Wildman–Crippen LogP) is 5.82. The lowest BCUT2D eigenvalue weighted by Gasteiger charge is -2.11. The van der Waals surface area contributed by atoms with Gasteiger partial charge in [-0.1, -0.05) is 50.2 Å². The zero-order valence-electron chi connectivity index (χ0n) is 13.1. The minimum Gasteiger partial charge on any atom is -0.256 e. The summed E-state index contributed by atoms with van der Waals surface area (Å²) in [4.78, 5) is 4.33. The first kappa shape index (κ1) is 15.3. The zero-order chi connectivity index (χ0) is 16.4. The van der Waals surface area contributed by atoms with Gasteiger partial charge in [0.05, 0.1) is 11.3 Å². The first-order chi connectivity index (χ1) is 11.1. The molecule has 0 atom stereocenters. The predicted molar refractivity (Wildman–Crippen MR) is 89.1 cm³/mol. The van der Waals surface area contributed by atoms with Crippen molar-refractivity contribution in [3.05, 3.63) is 78.0 Å². The molecule has 0 saturated carbocycles. The van der Waals surface area contributed by atoms with Crippen molar-refractivity contribution in [1.29, 1.82) is 0 Å². The number of nitrogens with zero attached hydrogens (tertiary/aromatic N) is 1. The maximum atomic E-state index is 14.9. The topological polar surface area (TPSA) is 12.9 Å². The number of halogens is 2. The van der Waals surface area contributed by atoms with E-state index in [-0.39, 0.29) is 5.56 Å². The van der Waals surface area contributed by atoms with E-state index >= 15 is 0 Å². The van der Waals surface area contributed by atoms with Crippen molar-refractivity contribution in [2.75, 3.05) is 0 Å². The van der Waals surface area contributed by atoms with Gasteiger partial charge >= 0.3 is 0 Å². The number of hydrogen-bond acceptors (Lipinski definition) is 1. The van der Waals surface area contributed by atoms with Crippen LogP contribution in [0.3, 0.4) is 0 Å². The van der Waals surface area contributed by atoms with Gasteiger partial charge in [0.2, 0.25) is 0 Å². The number of pyridine rings is 1. The summed E-state index contributed by atoms with van der Waals surface area (Å²) >= 11 is 0. The summed E-state index contributed by atoms with van der Waals surface area (Å²) in [6, 6.07) is 15.2. The van der Waals surface area contributed by atoms with Crippen LogP contribution in [0.4, 0.5) is 8.78 Å². The largest absolute Gasteiger partial charge is 0.256 e. The molecule has 0 aliphatic rings. The minimum atomic E-state index is -0.582. The molecule has 23 heavy (non-hydrogen) atoms. The van der Waals surface area contributed by atoms with Gasteiger partial charge in [-0.25, -0.2) is 8.78 Å². The quantitative estimate of drug-likeness (QED) is 0.594. The van der Waals surface area contributed by atoms with Gasteiger partial charge in [-0.2, -0.15) is 0 Å². The van der Waals surface area contributed by atoms with Crippen LogP contribution in [0.15, 0.2) is 60.8 Å². The van der Waals surface area contributed by atoms with Crippen molar-refractivity contribution < 1.29 is 8.78 Å². The molecule has 0 amide bonds. The Hall–Kier alpha value is -2.55. The average Bonchev–Trinajstić information content (AvgIpc) is 2.56. The van der Waals surface area contributed by atoms with E-state index in [0.717, 1.165) is 5.56 Å². The molecule has 0 radical (unpaired) electrons. The highest BCUT2D eigenvalue weighted by Crippen LogP contribution is 2.32. The molecule has 0 saturated heterocycles. The van der Waals surface area contributed by atoms with Gasteiger partial charge in [0.25, 0.3) is 0 Å².